The highest BCUT2D eigenvalue weighted by atomic mass is 35.5. The Morgan fingerprint density at radius 3 is 1.72 bits per heavy atom. The quantitative estimate of drug-likeness (QED) is 0.385. The SMILES string of the molecule is Cl.PCCCCCCCCCCc1ccccc1. The van der Waals surface area contributed by atoms with E-state index < -0.39 is 0 Å². The van der Waals surface area contributed by atoms with Crippen molar-refractivity contribution >= 4 is 21.6 Å². The first kappa shape index (κ1) is 17.9. The maximum absolute atomic E-state index is 2.81. The smallest absolute Gasteiger partial charge is 0.0279 e. The number of hydrogen-bond acceptors (Lipinski definition) is 0. The van der Waals surface area contributed by atoms with E-state index in [9.17, 15) is 0 Å². The Morgan fingerprint density at radius 1 is 0.667 bits per heavy atom. The average molecular weight is 287 g/mol. The zero-order chi connectivity index (χ0) is 12.2. The predicted molar refractivity (Wildman–Crippen MR) is 88.9 cm³/mol. The molecule has 104 valence electrons. The minimum absolute atomic E-state index is 0. The van der Waals surface area contributed by atoms with Crippen LogP contribution in [-0.2, 0) is 6.42 Å². The van der Waals surface area contributed by atoms with Crippen molar-refractivity contribution < 1.29 is 0 Å². The summed E-state index contributed by atoms with van der Waals surface area (Å²) in [7, 11) is 2.81. The van der Waals surface area contributed by atoms with Crippen molar-refractivity contribution in [3.8, 4) is 0 Å². The third-order valence-electron chi connectivity index (χ3n) is 3.26. The van der Waals surface area contributed by atoms with Crippen molar-refractivity contribution in [2.75, 3.05) is 6.16 Å². The predicted octanol–water partition coefficient (Wildman–Crippen LogP) is 5.65. The monoisotopic (exact) mass is 286 g/mol. The Labute approximate surface area is 122 Å². The first-order valence-electron chi connectivity index (χ1n) is 7.17. The number of aryl methyl sites for hydroxylation is 1. The van der Waals surface area contributed by atoms with Crippen molar-refractivity contribution in [1.29, 1.82) is 0 Å². The second-order valence-electron chi connectivity index (χ2n) is 4.85. The van der Waals surface area contributed by atoms with Crippen LogP contribution in [0.25, 0.3) is 0 Å². The number of benzene rings is 1. The third-order valence-corrected chi connectivity index (χ3v) is 3.67. The van der Waals surface area contributed by atoms with Crippen LogP contribution < -0.4 is 0 Å². The molecule has 0 saturated carbocycles. The molecule has 0 nitrogen and oxygen atoms in total. The molecule has 0 radical (unpaired) electrons. The lowest BCUT2D eigenvalue weighted by molar-refractivity contribution is 0.576. The average Bonchev–Trinajstić information content (AvgIpc) is 2.38. The molecule has 2 heteroatoms. The maximum atomic E-state index is 2.81. The lowest BCUT2D eigenvalue weighted by Gasteiger charge is -2.02. The number of unbranched alkanes of at least 4 members (excludes halogenated alkanes) is 7. The Kier molecular flexibility index (Phi) is 13.3. The van der Waals surface area contributed by atoms with Gasteiger partial charge in [-0.05, 0) is 31.0 Å². The van der Waals surface area contributed by atoms with Gasteiger partial charge in [0.1, 0.15) is 0 Å². The fraction of sp³-hybridized carbons (Fsp3) is 0.625. The summed E-state index contributed by atoms with van der Waals surface area (Å²) in [6.45, 7) is 0. The topological polar surface area (TPSA) is 0 Å². The molecule has 0 fully saturated rings. The van der Waals surface area contributed by atoms with Crippen LogP contribution in [0.15, 0.2) is 30.3 Å². The summed E-state index contributed by atoms with van der Waals surface area (Å²) >= 11 is 0. The summed E-state index contributed by atoms with van der Waals surface area (Å²) in [5, 5.41) is 0. The molecule has 1 unspecified atom stereocenters. The van der Waals surface area contributed by atoms with Crippen LogP contribution >= 0.6 is 21.6 Å². The van der Waals surface area contributed by atoms with Crippen LogP contribution in [0.3, 0.4) is 0 Å². The summed E-state index contributed by atoms with van der Waals surface area (Å²) in [6, 6.07) is 10.9. The van der Waals surface area contributed by atoms with Crippen molar-refractivity contribution in [2.24, 2.45) is 0 Å². The van der Waals surface area contributed by atoms with Gasteiger partial charge in [-0.15, -0.1) is 21.6 Å². The first-order valence-corrected chi connectivity index (χ1v) is 7.99. The molecule has 0 amide bonds. The molecule has 0 saturated heterocycles. The summed E-state index contributed by atoms with van der Waals surface area (Å²) in [4.78, 5) is 0. The molecule has 0 bridgehead atoms. The van der Waals surface area contributed by atoms with Gasteiger partial charge in [0.2, 0.25) is 0 Å². The Hall–Kier alpha value is -0.0600. The van der Waals surface area contributed by atoms with Gasteiger partial charge in [-0.25, -0.2) is 0 Å². The Balaban J connectivity index is 0.00000289. The van der Waals surface area contributed by atoms with Gasteiger partial charge < -0.3 is 0 Å². The summed E-state index contributed by atoms with van der Waals surface area (Å²) in [6.07, 6.45) is 13.8. The van der Waals surface area contributed by atoms with Crippen LogP contribution in [0.1, 0.15) is 56.9 Å². The molecule has 0 N–H and O–H groups in total. The molecule has 0 aliphatic carbocycles. The molecule has 0 aliphatic heterocycles. The molecule has 1 rings (SSSR count). The van der Waals surface area contributed by atoms with Gasteiger partial charge in [-0.2, -0.15) is 0 Å². The van der Waals surface area contributed by atoms with Crippen LogP contribution in [-0.4, -0.2) is 6.16 Å². The molecule has 0 heterocycles. The van der Waals surface area contributed by atoms with Crippen molar-refractivity contribution in [3.63, 3.8) is 0 Å². The van der Waals surface area contributed by atoms with Crippen molar-refractivity contribution in [2.45, 2.75) is 57.8 Å². The normalized spacial score (nSPS) is 10.1. The van der Waals surface area contributed by atoms with E-state index in [1.807, 2.05) is 0 Å². The number of hydrogen-bond donors (Lipinski definition) is 0. The number of halogens is 1. The fourth-order valence-electron chi connectivity index (χ4n) is 2.18. The second-order valence-corrected chi connectivity index (χ2v) is 5.43. The maximum Gasteiger partial charge on any atom is -0.0279 e. The highest BCUT2D eigenvalue weighted by Crippen LogP contribution is 2.11. The second kappa shape index (κ2) is 13.4. The lowest BCUT2D eigenvalue weighted by atomic mass is 10.0. The van der Waals surface area contributed by atoms with E-state index in [4.69, 9.17) is 0 Å². The minimum atomic E-state index is 0. The van der Waals surface area contributed by atoms with Crippen LogP contribution in [0, 0.1) is 0 Å². The molecule has 0 spiro atoms. The highest BCUT2D eigenvalue weighted by Gasteiger charge is 1.93. The van der Waals surface area contributed by atoms with Crippen LogP contribution in [0.2, 0.25) is 0 Å². The van der Waals surface area contributed by atoms with Gasteiger partial charge >= 0.3 is 0 Å². The summed E-state index contributed by atoms with van der Waals surface area (Å²) in [5.41, 5.74) is 1.49. The van der Waals surface area contributed by atoms with Crippen LogP contribution in [0.5, 0.6) is 0 Å². The van der Waals surface area contributed by atoms with E-state index in [0.29, 0.717) is 0 Å². The molecule has 1 aromatic carbocycles. The van der Waals surface area contributed by atoms with E-state index in [0.717, 1.165) is 0 Å². The standard InChI is InChI=1S/C16H27P.ClH/c17-15-11-6-4-2-1-3-5-8-12-16-13-9-7-10-14-16;/h7,9-10,13-14H,1-6,8,11-12,15,17H2;1H. The van der Waals surface area contributed by atoms with E-state index in [1.54, 1.807) is 0 Å². The van der Waals surface area contributed by atoms with E-state index in [2.05, 4.69) is 39.6 Å². The lowest BCUT2D eigenvalue weighted by Crippen LogP contribution is -1.86. The molecule has 1 aromatic rings. The van der Waals surface area contributed by atoms with Crippen molar-refractivity contribution in [1.82, 2.24) is 0 Å². The molecule has 18 heavy (non-hydrogen) atoms. The molecule has 1 atom stereocenters. The van der Waals surface area contributed by atoms with Gasteiger partial charge in [0.25, 0.3) is 0 Å². The Morgan fingerprint density at radius 2 is 1.17 bits per heavy atom. The van der Waals surface area contributed by atoms with E-state index in [1.165, 1.54) is 69.5 Å². The fourth-order valence-corrected chi connectivity index (χ4v) is 2.47. The minimum Gasteiger partial charge on any atom is -0.147 e. The van der Waals surface area contributed by atoms with Gasteiger partial charge in [0, 0.05) is 0 Å². The Bertz CT molecular complexity index is 261. The summed E-state index contributed by atoms with van der Waals surface area (Å²) < 4.78 is 0. The van der Waals surface area contributed by atoms with Gasteiger partial charge in [0.15, 0.2) is 0 Å². The van der Waals surface area contributed by atoms with Gasteiger partial charge in [0.05, 0.1) is 0 Å². The molecule has 0 aromatic heterocycles. The largest absolute Gasteiger partial charge is 0.147 e. The third kappa shape index (κ3) is 9.92. The highest BCUT2D eigenvalue weighted by molar-refractivity contribution is 7.16. The summed E-state index contributed by atoms with van der Waals surface area (Å²) in [5.74, 6) is 0. The molecular formula is C16H28ClP. The van der Waals surface area contributed by atoms with Crippen molar-refractivity contribution in [3.05, 3.63) is 35.9 Å². The van der Waals surface area contributed by atoms with Gasteiger partial charge in [-0.3, -0.25) is 0 Å². The van der Waals surface area contributed by atoms with Gasteiger partial charge in [-0.1, -0.05) is 68.9 Å². The van der Waals surface area contributed by atoms with E-state index >= 15 is 0 Å². The van der Waals surface area contributed by atoms with E-state index in [-0.39, 0.29) is 12.4 Å². The first-order chi connectivity index (χ1) is 8.43. The molecule has 0 aliphatic rings. The number of rotatable bonds is 10. The zero-order valence-electron chi connectivity index (χ0n) is 11.4. The zero-order valence-corrected chi connectivity index (χ0v) is 13.4. The molecular weight excluding hydrogens is 259 g/mol. The van der Waals surface area contributed by atoms with Crippen LogP contribution in [0.4, 0.5) is 0 Å².